The van der Waals surface area contributed by atoms with Gasteiger partial charge in [-0.15, -0.1) is 11.3 Å². The predicted molar refractivity (Wildman–Crippen MR) is 78.6 cm³/mol. The maximum absolute atomic E-state index is 12.8. The van der Waals surface area contributed by atoms with Gasteiger partial charge in [0.1, 0.15) is 0 Å². The third kappa shape index (κ3) is 3.02. The number of piperidine rings is 1. The smallest absolute Gasteiger partial charge is 0.244 e. The van der Waals surface area contributed by atoms with Gasteiger partial charge in [-0.05, 0) is 30.7 Å². The molecule has 0 spiro atoms. The number of nitrogens with two attached hydrogens (primary N) is 1. The Morgan fingerprint density at radius 2 is 2.26 bits per heavy atom. The third-order valence-corrected chi connectivity index (χ3v) is 6.78. The molecule has 1 aromatic heterocycles. The minimum absolute atomic E-state index is 0.161. The summed E-state index contributed by atoms with van der Waals surface area (Å²) in [5.74, 6) is 0. The normalized spacial score (nSPS) is 21.7. The first-order valence-electron chi connectivity index (χ1n) is 6.89. The number of rotatable bonds is 5. The van der Waals surface area contributed by atoms with Crippen molar-refractivity contribution in [2.24, 2.45) is 5.73 Å². The molecule has 1 unspecified atom stereocenters. The van der Waals surface area contributed by atoms with E-state index < -0.39 is 10.0 Å². The molecule has 0 bridgehead atoms. The third-order valence-electron chi connectivity index (χ3n) is 3.67. The van der Waals surface area contributed by atoms with Crippen molar-refractivity contribution in [3.05, 3.63) is 16.3 Å². The zero-order chi connectivity index (χ0) is 13.9. The predicted octanol–water partition coefficient (Wildman–Crippen LogP) is 2.55. The van der Waals surface area contributed by atoms with E-state index in [0.717, 1.165) is 37.0 Å². The quantitative estimate of drug-likeness (QED) is 0.909. The summed E-state index contributed by atoms with van der Waals surface area (Å²) in [6, 6.07) is 1.86. The fourth-order valence-electron chi connectivity index (χ4n) is 2.75. The van der Waals surface area contributed by atoms with Crippen LogP contribution >= 0.6 is 11.3 Å². The lowest BCUT2D eigenvalue weighted by Crippen LogP contribution is -2.43. The van der Waals surface area contributed by atoms with Crippen LogP contribution in [0.15, 0.2) is 16.3 Å². The molecule has 1 aliphatic rings. The highest BCUT2D eigenvalue weighted by Crippen LogP contribution is 2.31. The molecular weight excluding hydrogens is 280 g/mol. The lowest BCUT2D eigenvalue weighted by molar-refractivity contribution is 0.239. The Morgan fingerprint density at radius 3 is 2.95 bits per heavy atom. The van der Waals surface area contributed by atoms with Crippen molar-refractivity contribution in [3.8, 4) is 0 Å². The van der Waals surface area contributed by atoms with Gasteiger partial charge in [-0.25, -0.2) is 8.42 Å². The highest BCUT2D eigenvalue weighted by atomic mass is 32.2. The van der Waals surface area contributed by atoms with Crippen molar-refractivity contribution < 1.29 is 8.42 Å². The summed E-state index contributed by atoms with van der Waals surface area (Å²) >= 11 is 1.42. The summed E-state index contributed by atoms with van der Waals surface area (Å²) in [6.45, 7) is 3.04. The monoisotopic (exact) mass is 302 g/mol. The number of hydrogen-bond donors (Lipinski definition) is 1. The number of thiophene rings is 1. The maximum Gasteiger partial charge on any atom is 0.244 e. The topological polar surface area (TPSA) is 63.4 Å². The van der Waals surface area contributed by atoms with Gasteiger partial charge in [-0.1, -0.05) is 19.8 Å². The average Bonchev–Trinajstić information content (AvgIpc) is 2.88. The summed E-state index contributed by atoms with van der Waals surface area (Å²) in [6.07, 6.45) is 5.03. The molecule has 1 saturated heterocycles. The van der Waals surface area contributed by atoms with Crippen LogP contribution in [-0.2, 0) is 16.6 Å². The summed E-state index contributed by atoms with van der Waals surface area (Å²) in [4.78, 5) is 1.18. The van der Waals surface area contributed by atoms with E-state index in [4.69, 9.17) is 5.73 Å². The van der Waals surface area contributed by atoms with Crippen LogP contribution in [0, 0.1) is 0 Å². The molecule has 1 aromatic rings. The molecule has 0 aliphatic carbocycles. The molecule has 0 saturated carbocycles. The zero-order valence-electron chi connectivity index (χ0n) is 11.3. The molecule has 1 aliphatic heterocycles. The minimum Gasteiger partial charge on any atom is -0.326 e. The standard InChI is InChI=1S/C13H22N2O2S2/c1-2-5-11-6-3-4-8-15(11)19(16,17)13-7-9-18-12(13)10-14/h7,9,11H,2-6,8,10,14H2,1H3. The molecule has 0 aromatic carbocycles. The van der Waals surface area contributed by atoms with Crippen LogP contribution in [0.3, 0.4) is 0 Å². The lowest BCUT2D eigenvalue weighted by Gasteiger charge is -2.34. The first-order chi connectivity index (χ1) is 9.11. The summed E-state index contributed by atoms with van der Waals surface area (Å²) in [7, 11) is -3.37. The Kier molecular flexibility index (Phi) is 5.00. The van der Waals surface area contributed by atoms with Gasteiger partial charge in [0.2, 0.25) is 10.0 Å². The second kappa shape index (κ2) is 6.35. The fourth-order valence-corrected chi connectivity index (χ4v) is 5.78. The van der Waals surface area contributed by atoms with Crippen molar-refractivity contribution in [2.75, 3.05) is 6.54 Å². The van der Waals surface area contributed by atoms with Crippen LogP contribution < -0.4 is 5.73 Å². The molecular formula is C13H22N2O2S2. The molecule has 1 fully saturated rings. The van der Waals surface area contributed by atoms with Crippen LogP contribution in [0.4, 0.5) is 0 Å². The van der Waals surface area contributed by atoms with E-state index in [9.17, 15) is 8.42 Å². The number of nitrogens with zero attached hydrogens (tertiary/aromatic N) is 1. The molecule has 2 N–H and O–H groups in total. The van der Waals surface area contributed by atoms with E-state index in [1.807, 2.05) is 5.38 Å². The molecule has 6 heteroatoms. The Labute approximate surface area is 119 Å². The van der Waals surface area contributed by atoms with Gasteiger partial charge in [-0.3, -0.25) is 0 Å². The molecule has 108 valence electrons. The number of sulfonamides is 1. The van der Waals surface area contributed by atoms with Crippen LogP contribution in [0.5, 0.6) is 0 Å². The van der Waals surface area contributed by atoms with E-state index in [-0.39, 0.29) is 6.04 Å². The van der Waals surface area contributed by atoms with Gasteiger partial charge in [0.05, 0.1) is 4.90 Å². The van der Waals surface area contributed by atoms with Crippen LogP contribution in [0.25, 0.3) is 0 Å². The first-order valence-corrected chi connectivity index (χ1v) is 9.21. The average molecular weight is 302 g/mol. The van der Waals surface area contributed by atoms with Crippen LogP contribution in [0.2, 0.25) is 0 Å². The van der Waals surface area contributed by atoms with Gasteiger partial charge in [0.25, 0.3) is 0 Å². The minimum atomic E-state index is -3.37. The fraction of sp³-hybridized carbons (Fsp3) is 0.692. The Hall–Kier alpha value is -0.430. The van der Waals surface area contributed by atoms with Crippen LogP contribution in [0.1, 0.15) is 43.9 Å². The Morgan fingerprint density at radius 1 is 1.47 bits per heavy atom. The summed E-state index contributed by atoms with van der Waals surface area (Å²) in [5, 5.41) is 1.81. The molecule has 2 heterocycles. The van der Waals surface area contributed by atoms with Gasteiger partial charge >= 0.3 is 0 Å². The van der Waals surface area contributed by atoms with E-state index in [2.05, 4.69) is 6.92 Å². The van der Waals surface area contributed by atoms with Gasteiger partial charge in [0, 0.05) is 24.0 Å². The van der Waals surface area contributed by atoms with Gasteiger partial charge in [0.15, 0.2) is 0 Å². The molecule has 0 amide bonds. The number of hydrogen-bond acceptors (Lipinski definition) is 4. The summed E-state index contributed by atoms with van der Waals surface area (Å²) < 4.78 is 27.3. The Bertz CT molecular complexity index is 508. The zero-order valence-corrected chi connectivity index (χ0v) is 13.0. The molecule has 0 radical (unpaired) electrons. The van der Waals surface area contributed by atoms with Crippen LogP contribution in [-0.4, -0.2) is 25.3 Å². The Balaban J connectivity index is 2.31. The van der Waals surface area contributed by atoms with E-state index >= 15 is 0 Å². The first kappa shape index (κ1) is 15.0. The maximum atomic E-state index is 12.8. The molecule has 19 heavy (non-hydrogen) atoms. The molecule has 4 nitrogen and oxygen atoms in total. The highest BCUT2D eigenvalue weighted by molar-refractivity contribution is 7.89. The molecule has 2 rings (SSSR count). The van der Waals surface area contributed by atoms with Crippen molar-refractivity contribution in [1.82, 2.24) is 4.31 Å². The van der Waals surface area contributed by atoms with E-state index in [1.54, 1.807) is 10.4 Å². The van der Waals surface area contributed by atoms with E-state index in [1.165, 1.54) is 11.3 Å². The second-order valence-corrected chi connectivity index (χ2v) is 7.83. The van der Waals surface area contributed by atoms with Gasteiger partial charge < -0.3 is 5.73 Å². The molecule has 1 atom stereocenters. The lowest BCUT2D eigenvalue weighted by atomic mass is 10.0. The van der Waals surface area contributed by atoms with Crippen molar-refractivity contribution in [3.63, 3.8) is 0 Å². The SMILES string of the molecule is CCCC1CCCCN1S(=O)(=O)c1ccsc1CN. The largest absolute Gasteiger partial charge is 0.326 e. The van der Waals surface area contributed by atoms with Crippen molar-refractivity contribution in [2.45, 2.75) is 56.5 Å². The van der Waals surface area contributed by atoms with E-state index in [0.29, 0.717) is 18.0 Å². The van der Waals surface area contributed by atoms with Crippen molar-refractivity contribution >= 4 is 21.4 Å². The summed E-state index contributed by atoms with van der Waals surface area (Å²) in [5.41, 5.74) is 5.64. The second-order valence-electron chi connectivity index (χ2n) is 4.97. The van der Waals surface area contributed by atoms with Crippen molar-refractivity contribution in [1.29, 1.82) is 0 Å². The highest BCUT2D eigenvalue weighted by Gasteiger charge is 2.34. The van der Waals surface area contributed by atoms with Gasteiger partial charge in [-0.2, -0.15) is 4.31 Å².